The molecule has 0 fully saturated rings. The third-order valence-corrected chi connectivity index (χ3v) is 5.55. The van der Waals surface area contributed by atoms with E-state index in [-0.39, 0.29) is 22.8 Å². The van der Waals surface area contributed by atoms with Crippen LogP contribution in [0.2, 0.25) is 0 Å². The monoisotopic (exact) mass is 244 g/mol. The number of hydrogen-bond donors (Lipinski definition) is 0. The van der Waals surface area contributed by atoms with Crippen LogP contribution in [0.5, 0.6) is 0 Å². The van der Waals surface area contributed by atoms with E-state index in [9.17, 15) is 0 Å². The Balaban J connectivity index is 2.31. The molecule has 0 saturated heterocycles. The molecule has 1 atom stereocenters. The molecule has 0 aliphatic heterocycles. The second kappa shape index (κ2) is 4.94. The molecule has 0 radical (unpaired) electrons. The van der Waals surface area contributed by atoms with Crippen molar-refractivity contribution in [3.63, 3.8) is 0 Å². The van der Waals surface area contributed by atoms with Crippen LogP contribution in [0.25, 0.3) is 0 Å². The van der Waals surface area contributed by atoms with Crippen molar-refractivity contribution < 1.29 is 19.2 Å². The van der Waals surface area contributed by atoms with E-state index in [0.29, 0.717) is 0 Å². The first-order chi connectivity index (χ1) is 5.20. The van der Waals surface area contributed by atoms with Crippen LogP contribution in [0.1, 0.15) is 6.42 Å². The molecule has 0 aromatic rings. The van der Waals surface area contributed by atoms with Crippen LogP contribution in [-0.4, -0.2) is 8.52 Å². The van der Waals surface area contributed by atoms with Crippen LogP contribution in [0, 0.1) is 0 Å². The van der Waals surface area contributed by atoms with Crippen molar-refractivity contribution in [3.05, 3.63) is 22.1 Å². The zero-order chi connectivity index (χ0) is 8.27. The fraction of sp³-hybridized carbons (Fsp3) is 0.429. The van der Waals surface area contributed by atoms with E-state index < -0.39 is 4.84 Å². The van der Waals surface area contributed by atoms with Crippen molar-refractivity contribution in [3.8, 4) is 0 Å². The molecule has 0 aromatic carbocycles. The first-order valence-corrected chi connectivity index (χ1v) is 6.24. The Labute approximate surface area is 90.5 Å². The number of rotatable bonds is 3. The van der Waals surface area contributed by atoms with Gasteiger partial charge in [-0.25, -0.2) is 0 Å². The second-order valence-corrected chi connectivity index (χ2v) is 6.84. The van der Waals surface area contributed by atoms with Gasteiger partial charge in [0.15, 0.2) is 0 Å². The number of halogens is 3. The molecule has 1 unspecified atom stereocenters. The van der Waals surface area contributed by atoms with Gasteiger partial charge in [0, 0.05) is 0 Å². The van der Waals surface area contributed by atoms with Gasteiger partial charge in [0.05, 0.1) is 0 Å². The number of allylic oxidation sites excluding steroid dienone is 4. The van der Waals surface area contributed by atoms with Gasteiger partial charge in [-0.1, -0.05) is 0 Å². The van der Waals surface area contributed by atoms with Gasteiger partial charge in [0.1, 0.15) is 0 Å². The summed E-state index contributed by atoms with van der Waals surface area (Å²) >= 11 is 16.9. The molecule has 60 valence electrons. The zero-order valence-electron chi connectivity index (χ0n) is 5.73. The fourth-order valence-electron chi connectivity index (χ4n) is 0.794. The van der Waals surface area contributed by atoms with Crippen LogP contribution in [0.4, 0.5) is 0 Å². The molecule has 0 aromatic heterocycles. The predicted molar refractivity (Wildman–Crippen MR) is 47.0 cm³/mol. The Hall–Kier alpha value is 1.06. The van der Waals surface area contributed by atoms with E-state index in [2.05, 4.69) is 18.2 Å². The Bertz CT molecular complexity index is 186. The van der Waals surface area contributed by atoms with E-state index >= 15 is 0 Å². The zero-order valence-corrected chi connectivity index (χ0v) is 9.56. The van der Waals surface area contributed by atoms with Crippen molar-refractivity contribution in [1.29, 1.82) is 0 Å². The topological polar surface area (TPSA) is 0 Å². The van der Waals surface area contributed by atoms with E-state index in [0.717, 1.165) is 6.42 Å². The molecular formula is C7H7Cl3Ti. The second-order valence-electron chi connectivity index (χ2n) is 2.20. The van der Waals surface area contributed by atoms with Crippen molar-refractivity contribution in [2.45, 2.75) is 14.9 Å². The van der Waals surface area contributed by atoms with Gasteiger partial charge < -0.3 is 0 Å². The Kier molecular flexibility index (Phi) is 4.56. The summed E-state index contributed by atoms with van der Waals surface area (Å²) in [5.41, 5.74) is 0. The normalized spacial score (nSPS) is 18.7. The van der Waals surface area contributed by atoms with Gasteiger partial charge in [0.25, 0.3) is 0 Å². The van der Waals surface area contributed by atoms with Gasteiger partial charge in [-0.05, 0) is 0 Å². The van der Waals surface area contributed by atoms with Crippen molar-refractivity contribution in [1.82, 2.24) is 0 Å². The summed E-state index contributed by atoms with van der Waals surface area (Å²) in [5, 5.41) is 0. The summed E-state index contributed by atoms with van der Waals surface area (Å²) in [6, 6.07) is 0. The molecule has 0 amide bonds. The van der Waals surface area contributed by atoms with Gasteiger partial charge >= 0.3 is 91.0 Å². The maximum atomic E-state index is 5.92. The summed E-state index contributed by atoms with van der Waals surface area (Å²) < 4.78 is 1.39. The minimum absolute atomic E-state index is 0.0375. The fourth-order valence-corrected chi connectivity index (χ4v) is 3.31. The Morgan fingerprint density at radius 2 is 2.09 bits per heavy atom. The average molecular weight is 245 g/mol. The molecule has 1 aliphatic carbocycles. The number of alkyl halides is 3. The molecule has 0 N–H and O–H groups in total. The summed E-state index contributed by atoms with van der Waals surface area (Å²) in [6.07, 6.45) is 7.34. The standard InChI is InChI=1S/C5H5.C2H2Cl3.Ti/c1-2-4-5-3-1;3-1-2(4)5;/h1-3H,4H2;1-2H;. The first-order valence-electron chi connectivity index (χ1n) is 3.24. The van der Waals surface area contributed by atoms with Gasteiger partial charge in [0.2, 0.25) is 0 Å². The van der Waals surface area contributed by atoms with Crippen LogP contribution in [0.15, 0.2) is 22.1 Å². The summed E-state index contributed by atoms with van der Waals surface area (Å²) in [5.74, 6) is 0. The van der Waals surface area contributed by atoms with Crippen molar-refractivity contribution in [2.24, 2.45) is 0 Å². The molecule has 0 bridgehead atoms. The Morgan fingerprint density at radius 1 is 1.36 bits per heavy atom. The predicted octanol–water partition coefficient (Wildman–Crippen LogP) is 3.28. The summed E-state index contributed by atoms with van der Waals surface area (Å²) in [6.45, 7) is 0. The van der Waals surface area contributed by atoms with E-state index in [1.807, 2.05) is 0 Å². The van der Waals surface area contributed by atoms with E-state index in [1.54, 1.807) is 0 Å². The molecule has 0 heterocycles. The van der Waals surface area contributed by atoms with Crippen LogP contribution >= 0.6 is 34.8 Å². The average Bonchev–Trinajstić information content (AvgIpc) is 2.39. The Morgan fingerprint density at radius 3 is 2.55 bits per heavy atom. The van der Waals surface area contributed by atoms with Crippen LogP contribution in [0.3, 0.4) is 0 Å². The first kappa shape index (κ1) is 10.1. The molecule has 1 rings (SSSR count). The number of hydrogen-bond acceptors (Lipinski definition) is 0. The molecular weight excluding hydrogens is 238 g/mol. The van der Waals surface area contributed by atoms with E-state index in [4.69, 9.17) is 34.8 Å². The van der Waals surface area contributed by atoms with Gasteiger partial charge in [-0.15, -0.1) is 0 Å². The molecule has 0 spiro atoms. The quantitative estimate of drug-likeness (QED) is 0.529. The molecule has 4 heteroatoms. The maximum absolute atomic E-state index is 5.92. The molecule has 0 nitrogen and oxygen atoms in total. The molecule has 11 heavy (non-hydrogen) atoms. The van der Waals surface area contributed by atoms with Crippen LogP contribution < -0.4 is 0 Å². The van der Waals surface area contributed by atoms with Crippen molar-refractivity contribution in [2.75, 3.05) is 0 Å². The van der Waals surface area contributed by atoms with Crippen molar-refractivity contribution >= 4 is 34.8 Å². The minimum atomic E-state index is -0.418. The SMILES string of the molecule is ClC(Cl)[CH](Cl)[Ti][C]1=CC=CC1. The summed E-state index contributed by atoms with van der Waals surface area (Å²) in [4.78, 5) is -0.418. The molecule has 0 saturated carbocycles. The van der Waals surface area contributed by atoms with Gasteiger partial charge in [-0.2, -0.15) is 0 Å². The third-order valence-electron chi connectivity index (χ3n) is 1.32. The summed E-state index contributed by atoms with van der Waals surface area (Å²) in [7, 11) is 0. The van der Waals surface area contributed by atoms with Crippen LogP contribution in [-0.2, 0) is 19.2 Å². The van der Waals surface area contributed by atoms with Gasteiger partial charge in [-0.3, -0.25) is 0 Å². The molecule has 1 aliphatic rings. The third kappa shape index (κ3) is 3.52. The van der Waals surface area contributed by atoms with E-state index in [1.165, 1.54) is 3.88 Å².